The molecule has 1 aromatic rings. The molecule has 0 atom stereocenters. The first-order valence-electron chi connectivity index (χ1n) is 5.40. The Morgan fingerprint density at radius 1 is 1.39 bits per heavy atom. The van der Waals surface area contributed by atoms with E-state index in [1.54, 1.807) is 13.8 Å². The first kappa shape index (κ1) is 13.9. The predicted molar refractivity (Wildman–Crippen MR) is 63.1 cm³/mol. The first-order valence-corrected chi connectivity index (χ1v) is 5.40. The van der Waals surface area contributed by atoms with Crippen molar-refractivity contribution < 1.29 is 14.7 Å². The molecule has 0 fully saturated rings. The minimum absolute atomic E-state index is 0.0119. The van der Waals surface area contributed by atoms with Crippen LogP contribution >= 0.6 is 0 Å². The highest BCUT2D eigenvalue weighted by Gasteiger charge is 2.14. The van der Waals surface area contributed by atoms with E-state index in [1.165, 1.54) is 4.57 Å². The van der Waals surface area contributed by atoms with Crippen LogP contribution in [0.25, 0.3) is 0 Å². The molecule has 18 heavy (non-hydrogen) atoms. The molecule has 0 aliphatic heterocycles. The van der Waals surface area contributed by atoms with Crippen molar-refractivity contribution in [2.75, 3.05) is 0 Å². The third-order valence-corrected chi connectivity index (χ3v) is 2.68. The second kappa shape index (κ2) is 5.44. The zero-order valence-corrected chi connectivity index (χ0v) is 10.3. The van der Waals surface area contributed by atoms with Gasteiger partial charge in [0.1, 0.15) is 0 Å². The fourth-order valence-electron chi connectivity index (χ4n) is 1.73. The summed E-state index contributed by atoms with van der Waals surface area (Å²) in [6.07, 6.45) is -0.195. The maximum absolute atomic E-state index is 11.7. The number of carbonyl (C=O) groups excluding carboxylic acids is 1. The van der Waals surface area contributed by atoms with Crippen molar-refractivity contribution in [3.05, 3.63) is 27.4 Å². The molecule has 0 aromatic carbocycles. The molecule has 0 saturated carbocycles. The molecule has 0 unspecified atom stereocenters. The largest absolute Gasteiger partial charge is 0.481 e. The zero-order chi connectivity index (χ0) is 13.9. The van der Waals surface area contributed by atoms with Gasteiger partial charge in [-0.2, -0.15) is 4.98 Å². The molecule has 0 radical (unpaired) electrons. The molecule has 1 rings (SSSR count). The van der Waals surface area contributed by atoms with Crippen LogP contribution in [0.15, 0.2) is 4.79 Å². The molecule has 1 amide bonds. The minimum Gasteiger partial charge on any atom is -0.481 e. The van der Waals surface area contributed by atoms with Crippen molar-refractivity contribution in [3.8, 4) is 0 Å². The fraction of sp³-hybridized carbons (Fsp3) is 0.455. The molecule has 7 heteroatoms. The maximum Gasteiger partial charge on any atom is 0.347 e. The lowest BCUT2D eigenvalue weighted by Gasteiger charge is -2.13. The Bertz CT molecular complexity index is 548. The number of nitrogens with zero attached hydrogens (tertiary/aromatic N) is 2. The number of hydrogen-bond acceptors (Lipinski definition) is 4. The van der Waals surface area contributed by atoms with Gasteiger partial charge in [0.05, 0.1) is 6.42 Å². The highest BCUT2D eigenvalue weighted by atomic mass is 16.4. The molecule has 3 N–H and O–H groups in total. The van der Waals surface area contributed by atoms with Crippen LogP contribution in [0.1, 0.15) is 23.4 Å². The van der Waals surface area contributed by atoms with Crippen molar-refractivity contribution in [1.29, 1.82) is 0 Å². The van der Waals surface area contributed by atoms with Crippen molar-refractivity contribution in [3.63, 3.8) is 0 Å². The molecule has 1 aromatic heterocycles. The van der Waals surface area contributed by atoms with Gasteiger partial charge in [0.2, 0.25) is 5.91 Å². The third-order valence-electron chi connectivity index (χ3n) is 2.68. The quantitative estimate of drug-likeness (QED) is 0.724. The van der Waals surface area contributed by atoms with Crippen molar-refractivity contribution in [1.82, 2.24) is 9.55 Å². The number of carbonyl (C=O) groups is 2. The summed E-state index contributed by atoms with van der Waals surface area (Å²) in [5.41, 5.74) is 5.92. The van der Waals surface area contributed by atoms with Crippen LogP contribution in [0, 0.1) is 13.8 Å². The number of amides is 1. The van der Waals surface area contributed by atoms with Gasteiger partial charge in [0.25, 0.3) is 0 Å². The number of rotatable bonds is 5. The predicted octanol–water partition coefficient (Wildman–Crippen LogP) is -0.637. The van der Waals surface area contributed by atoms with E-state index in [4.69, 9.17) is 10.8 Å². The standard InChI is InChI=1S/C11H15N3O4/c1-6-8(5-10(16)17)7(2)14(11(18)13-6)4-3-9(12)15/h3-5H2,1-2H3,(H2,12,15)(H,16,17). The molecule has 0 aliphatic rings. The number of aryl methyl sites for hydroxylation is 1. The highest BCUT2D eigenvalue weighted by molar-refractivity contribution is 5.73. The second-order valence-electron chi connectivity index (χ2n) is 3.98. The van der Waals surface area contributed by atoms with Crippen LogP contribution in [0.4, 0.5) is 0 Å². The van der Waals surface area contributed by atoms with E-state index in [0.29, 0.717) is 17.0 Å². The van der Waals surface area contributed by atoms with E-state index in [-0.39, 0.29) is 19.4 Å². The average Bonchev–Trinajstić information content (AvgIpc) is 2.23. The Kier molecular flexibility index (Phi) is 4.19. The molecule has 0 aliphatic carbocycles. The van der Waals surface area contributed by atoms with Crippen molar-refractivity contribution in [2.45, 2.75) is 33.2 Å². The van der Waals surface area contributed by atoms with E-state index in [9.17, 15) is 14.4 Å². The summed E-state index contributed by atoms with van der Waals surface area (Å²) in [4.78, 5) is 36.9. The lowest BCUT2D eigenvalue weighted by atomic mass is 10.1. The van der Waals surface area contributed by atoms with E-state index < -0.39 is 17.6 Å². The summed E-state index contributed by atoms with van der Waals surface area (Å²) in [6, 6.07) is 0. The lowest BCUT2D eigenvalue weighted by molar-refractivity contribution is -0.136. The van der Waals surface area contributed by atoms with Gasteiger partial charge in [-0.1, -0.05) is 0 Å². The molecule has 0 bridgehead atoms. The van der Waals surface area contributed by atoms with Gasteiger partial charge in [-0.3, -0.25) is 14.2 Å². The molecule has 98 valence electrons. The number of carboxylic acid groups (broad SMARTS) is 1. The monoisotopic (exact) mass is 253 g/mol. The van der Waals surface area contributed by atoms with Gasteiger partial charge >= 0.3 is 11.7 Å². The summed E-state index contributed by atoms with van der Waals surface area (Å²) in [7, 11) is 0. The molecule has 0 spiro atoms. The molecular weight excluding hydrogens is 238 g/mol. The smallest absolute Gasteiger partial charge is 0.347 e. The SMILES string of the molecule is Cc1nc(=O)n(CCC(N)=O)c(C)c1CC(=O)O. The number of aromatic nitrogens is 2. The number of hydrogen-bond donors (Lipinski definition) is 2. The minimum atomic E-state index is -0.997. The average molecular weight is 253 g/mol. The van der Waals surface area contributed by atoms with E-state index in [0.717, 1.165) is 0 Å². The normalized spacial score (nSPS) is 10.3. The van der Waals surface area contributed by atoms with Gasteiger partial charge < -0.3 is 10.8 Å². The third kappa shape index (κ3) is 3.16. The first-order chi connectivity index (χ1) is 8.32. The van der Waals surface area contributed by atoms with Gasteiger partial charge in [0.15, 0.2) is 0 Å². The highest BCUT2D eigenvalue weighted by Crippen LogP contribution is 2.10. The van der Waals surface area contributed by atoms with E-state index >= 15 is 0 Å². The van der Waals surface area contributed by atoms with Gasteiger partial charge in [-0.05, 0) is 13.8 Å². The number of carboxylic acids is 1. The van der Waals surface area contributed by atoms with Crippen LogP contribution in [0.3, 0.4) is 0 Å². The Balaban J connectivity index is 3.21. The van der Waals surface area contributed by atoms with E-state index in [2.05, 4.69) is 4.98 Å². The van der Waals surface area contributed by atoms with Gasteiger partial charge in [0, 0.05) is 29.9 Å². The Morgan fingerprint density at radius 3 is 2.50 bits per heavy atom. The summed E-state index contributed by atoms with van der Waals surface area (Å²) >= 11 is 0. The summed E-state index contributed by atoms with van der Waals surface area (Å²) < 4.78 is 1.27. The van der Waals surface area contributed by atoms with Crippen LogP contribution in [0.2, 0.25) is 0 Å². The van der Waals surface area contributed by atoms with Crippen LogP contribution < -0.4 is 11.4 Å². The van der Waals surface area contributed by atoms with E-state index in [1.807, 2.05) is 0 Å². The summed E-state index contributed by atoms with van der Waals surface area (Å²) in [6.45, 7) is 3.33. The summed E-state index contributed by atoms with van der Waals surface area (Å²) in [5, 5.41) is 8.80. The van der Waals surface area contributed by atoms with Crippen molar-refractivity contribution in [2.24, 2.45) is 5.73 Å². The molecule has 1 heterocycles. The Hall–Kier alpha value is -2.18. The van der Waals surface area contributed by atoms with Gasteiger partial charge in [-0.15, -0.1) is 0 Å². The van der Waals surface area contributed by atoms with Crippen LogP contribution in [0.5, 0.6) is 0 Å². The Morgan fingerprint density at radius 2 is 2.00 bits per heavy atom. The molecular formula is C11H15N3O4. The topological polar surface area (TPSA) is 115 Å². The molecule has 7 nitrogen and oxygen atoms in total. The second-order valence-corrected chi connectivity index (χ2v) is 3.98. The zero-order valence-electron chi connectivity index (χ0n) is 10.3. The number of primary amides is 1. The fourth-order valence-corrected chi connectivity index (χ4v) is 1.73. The number of nitrogens with two attached hydrogens (primary N) is 1. The van der Waals surface area contributed by atoms with Crippen molar-refractivity contribution >= 4 is 11.9 Å². The van der Waals surface area contributed by atoms with Gasteiger partial charge in [-0.25, -0.2) is 4.79 Å². The number of aliphatic carboxylic acids is 1. The maximum atomic E-state index is 11.7. The van der Waals surface area contributed by atoms with Crippen LogP contribution in [-0.2, 0) is 22.6 Å². The van der Waals surface area contributed by atoms with Crippen LogP contribution in [-0.4, -0.2) is 26.5 Å². The molecule has 0 saturated heterocycles. The Labute approximate surface area is 103 Å². The summed E-state index contributed by atoms with van der Waals surface area (Å²) in [5.74, 6) is -1.52. The lowest BCUT2D eigenvalue weighted by Crippen LogP contribution is -2.30.